The van der Waals surface area contributed by atoms with Crippen molar-refractivity contribution >= 4 is 0 Å². The van der Waals surface area contributed by atoms with Gasteiger partial charge < -0.3 is 14.8 Å². The molecule has 1 atom stereocenters. The Hall–Kier alpha value is -1.22. The Bertz CT molecular complexity index is 379. The standard InChI is InChI=1S/C17H29NO2/c1-5-7-8-9-12-20-17-13-15(19-4)10-11-16(17)14(3)18-6-2/h10-11,13-14,18H,5-9,12H2,1-4H3. The van der Waals surface area contributed by atoms with Crippen molar-refractivity contribution < 1.29 is 9.47 Å². The van der Waals surface area contributed by atoms with Crippen molar-refractivity contribution in [1.82, 2.24) is 5.32 Å². The fourth-order valence-electron chi connectivity index (χ4n) is 2.25. The molecule has 0 amide bonds. The van der Waals surface area contributed by atoms with Crippen LogP contribution in [-0.2, 0) is 0 Å². The quantitative estimate of drug-likeness (QED) is 0.647. The summed E-state index contributed by atoms with van der Waals surface area (Å²) in [5.41, 5.74) is 1.20. The number of ether oxygens (including phenoxy) is 2. The van der Waals surface area contributed by atoms with E-state index in [0.717, 1.165) is 31.1 Å². The molecule has 114 valence electrons. The molecule has 0 aliphatic rings. The van der Waals surface area contributed by atoms with Crippen LogP contribution in [0.25, 0.3) is 0 Å². The maximum atomic E-state index is 5.97. The number of hydrogen-bond donors (Lipinski definition) is 1. The number of nitrogens with one attached hydrogen (secondary N) is 1. The summed E-state index contributed by atoms with van der Waals surface area (Å²) in [5.74, 6) is 1.79. The highest BCUT2D eigenvalue weighted by Crippen LogP contribution is 2.29. The lowest BCUT2D eigenvalue weighted by molar-refractivity contribution is 0.297. The smallest absolute Gasteiger partial charge is 0.127 e. The lowest BCUT2D eigenvalue weighted by Gasteiger charge is -2.18. The second-order valence-corrected chi connectivity index (χ2v) is 5.09. The summed E-state index contributed by atoms with van der Waals surface area (Å²) >= 11 is 0. The molecule has 1 rings (SSSR count). The van der Waals surface area contributed by atoms with Crippen molar-refractivity contribution in [2.24, 2.45) is 0 Å². The number of unbranched alkanes of at least 4 members (excludes halogenated alkanes) is 3. The normalized spacial score (nSPS) is 12.2. The molecule has 1 aromatic carbocycles. The largest absolute Gasteiger partial charge is 0.497 e. The highest BCUT2D eigenvalue weighted by atomic mass is 16.5. The van der Waals surface area contributed by atoms with E-state index in [1.165, 1.54) is 24.8 Å². The van der Waals surface area contributed by atoms with Crippen LogP contribution in [-0.4, -0.2) is 20.3 Å². The van der Waals surface area contributed by atoms with Gasteiger partial charge in [0.25, 0.3) is 0 Å². The summed E-state index contributed by atoms with van der Waals surface area (Å²) < 4.78 is 11.3. The van der Waals surface area contributed by atoms with Gasteiger partial charge in [-0.05, 0) is 26.0 Å². The van der Waals surface area contributed by atoms with Crippen molar-refractivity contribution in [1.29, 1.82) is 0 Å². The zero-order valence-corrected chi connectivity index (χ0v) is 13.4. The molecule has 0 saturated heterocycles. The van der Waals surface area contributed by atoms with Gasteiger partial charge in [0.15, 0.2) is 0 Å². The molecule has 0 spiro atoms. The molecule has 3 nitrogen and oxygen atoms in total. The van der Waals surface area contributed by atoms with Gasteiger partial charge in [-0.1, -0.05) is 39.2 Å². The molecule has 0 radical (unpaired) electrons. The number of hydrogen-bond acceptors (Lipinski definition) is 3. The Balaban J connectivity index is 2.68. The number of rotatable bonds is 10. The molecule has 0 bridgehead atoms. The van der Waals surface area contributed by atoms with E-state index in [1.54, 1.807) is 7.11 Å². The summed E-state index contributed by atoms with van der Waals surface area (Å²) in [6, 6.07) is 6.36. The van der Waals surface area contributed by atoms with E-state index in [1.807, 2.05) is 12.1 Å². The van der Waals surface area contributed by atoms with Crippen LogP contribution < -0.4 is 14.8 Å². The third-order valence-corrected chi connectivity index (χ3v) is 3.45. The molecule has 0 aliphatic carbocycles. The maximum Gasteiger partial charge on any atom is 0.127 e. The molecule has 0 saturated carbocycles. The highest BCUT2D eigenvalue weighted by Gasteiger charge is 2.12. The average Bonchev–Trinajstić information content (AvgIpc) is 2.47. The molecular formula is C17H29NO2. The van der Waals surface area contributed by atoms with Gasteiger partial charge in [0.1, 0.15) is 11.5 Å². The van der Waals surface area contributed by atoms with Crippen molar-refractivity contribution in [3.63, 3.8) is 0 Å². The van der Waals surface area contributed by atoms with Crippen LogP contribution >= 0.6 is 0 Å². The summed E-state index contributed by atoms with van der Waals surface area (Å²) in [4.78, 5) is 0. The van der Waals surface area contributed by atoms with Crippen molar-refractivity contribution in [2.75, 3.05) is 20.3 Å². The topological polar surface area (TPSA) is 30.5 Å². The Morgan fingerprint density at radius 1 is 1.15 bits per heavy atom. The predicted octanol–water partition coefficient (Wildman–Crippen LogP) is 4.32. The molecule has 0 aromatic heterocycles. The Kier molecular flexibility index (Phi) is 8.12. The van der Waals surface area contributed by atoms with Gasteiger partial charge >= 0.3 is 0 Å². The fourth-order valence-corrected chi connectivity index (χ4v) is 2.25. The Labute approximate surface area is 123 Å². The minimum atomic E-state index is 0.288. The monoisotopic (exact) mass is 279 g/mol. The molecule has 1 unspecified atom stereocenters. The predicted molar refractivity (Wildman–Crippen MR) is 84.7 cm³/mol. The van der Waals surface area contributed by atoms with Gasteiger partial charge in [0.2, 0.25) is 0 Å². The third kappa shape index (κ3) is 5.41. The first-order valence-corrected chi connectivity index (χ1v) is 7.77. The van der Waals surface area contributed by atoms with Crippen LogP contribution in [0.1, 0.15) is 58.1 Å². The summed E-state index contributed by atoms with van der Waals surface area (Å²) in [5, 5.41) is 3.43. The van der Waals surface area contributed by atoms with Gasteiger partial charge in [-0.15, -0.1) is 0 Å². The zero-order chi connectivity index (χ0) is 14.8. The molecule has 1 N–H and O–H groups in total. The van der Waals surface area contributed by atoms with E-state index in [4.69, 9.17) is 9.47 Å². The van der Waals surface area contributed by atoms with Crippen molar-refractivity contribution in [3.05, 3.63) is 23.8 Å². The lowest BCUT2D eigenvalue weighted by Crippen LogP contribution is -2.18. The van der Waals surface area contributed by atoms with E-state index in [9.17, 15) is 0 Å². The second kappa shape index (κ2) is 9.65. The molecular weight excluding hydrogens is 250 g/mol. The molecule has 20 heavy (non-hydrogen) atoms. The molecule has 0 aliphatic heterocycles. The summed E-state index contributed by atoms with van der Waals surface area (Å²) in [7, 11) is 1.69. The SMILES string of the molecule is CCCCCCOc1cc(OC)ccc1C(C)NCC. The Morgan fingerprint density at radius 3 is 2.60 bits per heavy atom. The first kappa shape index (κ1) is 16.8. The van der Waals surface area contributed by atoms with Gasteiger partial charge in [-0.25, -0.2) is 0 Å². The van der Waals surface area contributed by atoms with Crippen LogP contribution in [0.5, 0.6) is 11.5 Å². The average molecular weight is 279 g/mol. The zero-order valence-electron chi connectivity index (χ0n) is 13.4. The van der Waals surface area contributed by atoms with Crippen LogP contribution in [0.4, 0.5) is 0 Å². The molecule has 0 fully saturated rings. The fraction of sp³-hybridized carbons (Fsp3) is 0.647. The van der Waals surface area contributed by atoms with Crippen LogP contribution in [0, 0.1) is 0 Å². The lowest BCUT2D eigenvalue weighted by atomic mass is 10.1. The molecule has 1 aromatic rings. The minimum absolute atomic E-state index is 0.288. The van der Waals surface area contributed by atoms with Gasteiger partial charge in [0, 0.05) is 17.7 Å². The maximum absolute atomic E-state index is 5.97. The Morgan fingerprint density at radius 2 is 1.95 bits per heavy atom. The number of methoxy groups -OCH3 is 1. The van der Waals surface area contributed by atoms with Crippen LogP contribution in [0.15, 0.2) is 18.2 Å². The van der Waals surface area contributed by atoms with Crippen molar-refractivity contribution in [3.8, 4) is 11.5 Å². The third-order valence-electron chi connectivity index (χ3n) is 3.45. The first-order chi connectivity index (χ1) is 9.72. The van der Waals surface area contributed by atoms with Crippen molar-refractivity contribution in [2.45, 2.75) is 52.5 Å². The summed E-state index contributed by atoms with van der Waals surface area (Å²) in [6.45, 7) is 8.22. The van der Waals surface area contributed by atoms with E-state index in [-0.39, 0.29) is 6.04 Å². The summed E-state index contributed by atoms with van der Waals surface area (Å²) in [6.07, 6.45) is 4.88. The minimum Gasteiger partial charge on any atom is -0.497 e. The molecule has 3 heteroatoms. The molecule has 0 heterocycles. The van der Waals surface area contributed by atoms with E-state index in [2.05, 4.69) is 32.2 Å². The first-order valence-electron chi connectivity index (χ1n) is 7.77. The van der Waals surface area contributed by atoms with Gasteiger partial charge in [-0.3, -0.25) is 0 Å². The second-order valence-electron chi connectivity index (χ2n) is 5.09. The van der Waals surface area contributed by atoms with E-state index < -0.39 is 0 Å². The van der Waals surface area contributed by atoms with E-state index >= 15 is 0 Å². The van der Waals surface area contributed by atoms with E-state index in [0.29, 0.717) is 0 Å². The van der Waals surface area contributed by atoms with Gasteiger partial charge in [0.05, 0.1) is 13.7 Å². The van der Waals surface area contributed by atoms with Gasteiger partial charge in [-0.2, -0.15) is 0 Å². The van der Waals surface area contributed by atoms with Crippen LogP contribution in [0.2, 0.25) is 0 Å². The number of benzene rings is 1. The van der Waals surface area contributed by atoms with Crippen LogP contribution in [0.3, 0.4) is 0 Å². The highest BCUT2D eigenvalue weighted by molar-refractivity contribution is 5.42.